The Kier molecular flexibility index (Phi) is 4.45. The number of amides is 1. The molecule has 2 aromatic rings. The Morgan fingerprint density at radius 1 is 1.09 bits per heavy atom. The molecule has 0 aliphatic rings. The third-order valence-corrected chi connectivity index (χ3v) is 3.15. The fourth-order valence-electron chi connectivity index (χ4n) is 2.08. The molecule has 0 saturated carbocycles. The van der Waals surface area contributed by atoms with Crippen LogP contribution in [-0.4, -0.2) is 37.2 Å². The average Bonchev–Trinajstić information content (AvgIpc) is 2.52. The lowest BCUT2D eigenvalue weighted by Gasteiger charge is -2.12. The van der Waals surface area contributed by atoms with Crippen molar-refractivity contribution in [1.29, 1.82) is 0 Å². The molecule has 0 fully saturated rings. The maximum Gasteiger partial charge on any atom is 0.256 e. The highest BCUT2D eigenvalue weighted by atomic mass is 16.5. The van der Waals surface area contributed by atoms with Crippen LogP contribution in [-0.2, 0) is 0 Å². The number of carbonyl (C=O) groups is 1. The largest absolute Gasteiger partial charge is 0.497 e. The SMILES string of the molecule is COc1ccc(-c2nc(C)c(C(N)=O)c(OC)n2)c(OC)c1. The van der Waals surface area contributed by atoms with Gasteiger partial charge in [0.05, 0.1) is 32.6 Å². The summed E-state index contributed by atoms with van der Waals surface area (Å²) in [5.74, 6) is 1.07. The zero-order chi connectivity index (χ0) is 16.3. The fraction of sp³-hybridized carbons (Fsp3) is 0.267. The van der Waals surface area contributed by atoms with Crippen LogP contribution in [0.1, 0.15) is 16.1 Å². The van der Waals surface area contributed by atoms with E-state index in [1.54, 1.807) is 39.3 Å². The molecule has 0 saturated heterocycles. The number of rotatable bonds is 5. The van der Waals surface area contributed by atoms with Crippen LogP contribution >= 0.6 is 0 Å². The topological polar surface area (TPSA) is 96.6 Å². The van der Waals surface area contributed by atoms with Crippen LogP contribution in [0.5, 0.6) is 17.4 Å². The van der Waals surface area contributed by atoms with Crippen molar-refractivity contribution in [3.05, 3.63) is 29.5 Å². The summed E-state index contributed by atoms with van der Waals surface area (Å²) in [5, 5.41) is 0. The monoisotopic (exact) mass is 303 g/mol. The van der Waals surface area contributed by atoms with Gasteiger partial charge in [0.2, 0.25) is 5.88 Å². The number of hydrogen-bond donors (Lipinski definition) is 1. The zero-order valence-corrected chi connectivity index (χ0v) is 12.8. The smallest absolute Gasteiger partial charge is 0.256 e. The summed E-state index contributed by atoms with van der Waals surface area (Å²) in [6, 6.07) is 5.27. The van der Waals surface area contributed by atoms with E-state index in [2.05, 4.69) is 9.97 Å². The van der Waals surface area contributed by atoms with E-state index in [0.29, 0.717) is 28.6 Å². The maximum absolute atomic E-state index is 11.5. The van der Waals surface area contributed by atoms with Crippen molar-refractivity contribution in [3.8, 4) is 28.8 Å². The summed E-state index contributed by atoms with van der Waals surface area (Å²) in [7, 11) is 4.53. The van der Waals surface area contributed by atoms with Gasteiger partial charge in [0.25, 0.3) is 5.91 Å². The molecule has 22 heavy (non-hydrogen) atoms. The highest BCUT2D eigenvalue weighted by Crippen LogP contribution is 2.33. The number of methoxy groups -OCH3 is 3. The van der Waals surface area contributed by atoms with Gasteiger partial charge in [-0.15, -0.1) is 0 Å². The predicted molar refractivity (Wildman–Crippen MR) is 80.4 cm³/mol. The molecule has 0 radical (unpaired) electrons. The van der Waals surface area contributed by atoms with Crippen molar-refractivity contribution in [1.82, 2.24) is 9.97 Å². The molecule has 2 N–H and O–H groups in total. The van der Waals surface area contributed by atoms with E-state index in [0.717, 1.165) is 0 Å². The summed E-state index contributed by atoms with van der Waals surface area (Å²) in [4.78, 5) is 20.1. The Bertz CT molecular complexity index is 716. The Balaban J connectivity index is 2.63. The molecular formula is C15H17N3O4. The summed E-state index contributed by atoms with van der Waals surface area (Å²) in [5.41, 5.74) is 6.59. The van der Waals surface area contributed by atoms with Crippen LogP contribution in [0.4, 0.5) is 0 Å². The second-order valence-electron chi connectivity index (χ2n) is 4.45. The van der Waals surface area contributed by atoms with Gasteiger partial charge in [0, 0.05) is 6.07 Å². The van der Waals surface area contributed by atoms with Crippen molar-refractivity contribution in [2.45, 2.75) is 6.92 Å². The Hall–Kier alpha value is -2.83. The summed E-state index contributed by atoms with van der Waals surface area (Å²) in [6.07, 6.45) is 0. The van der Waals surface area contributed by atoms with Crippen LogP contribution < -0.4 is 19.9 Å². The molecule has 0 aliphatic carbocycles. The minimum Gasteiger partial charge on any atom is -0.497 e. The first kappa shape index (κ1) is 15.6. The van der Waals surface area contributed by atoms with Gasteiger partial charge in [-0.05, 0) is 19.1 Å². The normalized spacial score (nSPS) is 10.2. The lowest BCUT2D eigenvalue weighted by atomic mass is 10.1. The highest BCUT2D eigenvalue weighted by molar-refractivity contribution is 5.96. The second kappa shape index (κ2) is 6.30. The molecule has 0 unspecified atom stereocenters. The molecule has 1 amide bonds. The van der Waals surface area contributed by atoms with Crippen LogP contribution in [0.15, 0.2) is 18.2 Å². The first-order valence-electron chi connectivity index (χ1n) is 6.46. The van der Waals surface area contributed by atoms with Gasteiger partial charge >= 0.3 is 0 Å². The average molecular weight is 303 g/mol. The molecule has 0 bridgehead atoms. The van der Waals surface area contributed by atoms with E-state index in [-0.39, 0.29) is 11.4 Å². The van der Waals surface area contributed by atoms with Gasteiger partial charge in [-0.3, -0.25) is 4.79 Å². The van der Waals surface area contributed by atoms with Crippen molar-refractivity contribution in [2.24, 2.45) is 5.73 Å². The van der Waals surface area contributed by atoms with E-state index in [1.165, 1.54) is 7.11 Å². The third kappa shape index (κ3) is 2.78. The summed E-state index contributed by atoms with van der Waals surface area (Å²) < 4.78 is 15.7. The van der Waals surface area contributed by atoms with Crippen LogP contribution in [0.25, 0.3) is 11.4 Å². The quantitative estimate of drug-likeness (QED) is 0.900. The lowest BCUT2D eigenvalue weighted by molar-refractivity contribution is 0.0995. The van der Waals surface area contributed by atoms with Crippen molar-refractivity contribution >= 4 is 5.91 Å². The van der Waals surface area contributed by atoms with Crippen LogP contribution in [0.3, 0.4) is 0 Å². The van der Waals surface area contributed by atoms with Crippen LogP contribution in [0, 0.1) is 6.92 Å². The molecule has 2 rings (SSSR count). The standard InChI is InChI=1S/C15H17N3O4/c1-8-12(13(16)19)15(22-4)18-14(17-8)10-6-5-9(20-2)7-11(10)21-3/h5-7H,1-4H3,(H2,16,19). The summed E-state index contributed by atoms with van der Waals surface area (Å²) in [6.45, 7) is 1.67. The van der Waals surface area contributed by atoms with E-state index < -0.39 is 5.91 Å². The van der Waals surface area contributed by atoms with Gasteiger partial charge in [-0.25, -0.2) is 4.98 Å². The molecule has 7 nitrogen and oxygen atoms in total. The number of carbonyl (C=O) groups excluding carboxylic acids is 1. The predicted octanol–water partition coefficient (Wildman–Crippen LogP) is 1.58. The van der Waals surface area contributed by atoms with Gasteiger partial charge in [-0.2, -0.15) is 4.98 Å². The Labute approximate surface area is 128 Å². The third-order valence-electron chi connectivity index (χ3n) is 3.15. The number of aryl methyl sites for hydroxylation is 1. The number of ether oxygens (including phenoxy) is 3. The minimum atomic E-state index is -0.636. The molecular weight excluding hydrogens is 286 g/mol. The molecule has 0 aliphatic heterocycles. The molecule has 116 valence electrons. The number of nitrogens with zero attached hydrogens (tertiary/aromatic N) is 2. The summed E-state index contributed by atoms with van der Waals surface area (Å²) >= 11 is 0. The zero-order valence-electron chi connectivity index (χ0n) is 12.8. The molecule has 1 heterocycles. The van der Waals surface area contributed by atoms with Gasteiger partial charge in [0.15, 0.2) is 5.82 Å². The fourth-order valence-corrected chi connectivity index (χ4v) is 2.08. The van der Waals surface area contributed by atoms with Gasteiger partial charge in [0.1, 0.15) is 17.1 Å². The van der Waals surface area contributed by atoms with Crippen molar-refractivity contribution in [2.75, 3.05) is 21.3 Å². The number of aromatic nitrogens is 2. The lowest BCUT2D eigenvalue weighted by Crippen LogP contribution is -2.16. The molecule has 0 atom stereocenters. The van der Waals surface area contributed by atoms with E-state index in [4.69, 9.17) is 19.9 Å². The van der Waals surface area contributed by atoms with E-state index >= 15 is 0 Å². The van der Waals surface area contributed by atoms with Crippen molar-refractivity contribution in [3.63, 3.8) is 0 Å². The minimum absolute atomic E-state index is 0.132. The number of benzene rings is 1. The number of hydrogen-bond acceptors (Lipinski definition) is 6. The maximum atomic E-state index is 11.5. The Morgan fingerprint density at radius 3 is 2.36 bits per heavy atom. The van der Waals surface area contributed by atoms with Crippen LogP contribution in [0.2, 0.25) is 0 Å². The van der Waals surface area contributed by atoms with E-state index in [9.17, 15) is 4.79 Å². The second-order valence-corrected chi connectivity index (χ2v) is 4.45. The van der Waals surface area contributed by atoms with Gasteiger partial charge < -0.3 is 19.9 Å². The molecule has 1 aromatic carbocycles. The van der Waals surface area contributed by atoms with Gasteiger partial charge in [-0.1, -0.05) is 0 Å². The van der Waals surface area contributed by atoms with Crippen molar-refractivity contribution < 1.29 is 19.0 Å². The number of nitrogens with two attached hydrogens (primary N) is 1. The first-order chi connectivity index (χ1) is 10.5. The molecule has 1 aromatic heterocycles. The number of primary amides is 1. The molecule has 0 spiro atoms. The highest BCUT2D eigenvalue weighted by Gasteiger charge is 2.19. The Morgan fingerprint density at radius 2 is 1.82 bits per heavy atom. The molecule has 7 heteroatoms. The first-order valence-corrected chi connectivity index (χ1v) is 6.46. The van der Waals surface area contributed by atoms with E-state index in [1.807, 2.05) is 0 Å².